The third kappa shape index (κ3) is 4.32. The molecule has 0 saturated heterocycles. The van der Waals surface area contributed by atoms with Gasteiger partial charge in [-0.15, -0.1) is 0 Å². The zero-order valence-electron chi connectivity index (χ0n) is 12.1. The molecule has 114 valence electrons. The number of carbonyl (C=O) groups is 1. The quantitative estimate of drug-likeness (QED) is 0.758. The number of nitrogens with zero attached hydrogens (tertiary/aromatic N) is 2. The summed E-state index contributed by atoms with van der Waals surface area (Å²) in [5.74, 6) is -1.16. The van der Waals surface area contributed by atoms with Crippen LogP contribution in [0.25, 0.3) is 0 Å². The van der Waals surface area contributed by atoms with Crippen LogP contribution in [0.3, 0.4) is 0 Å². The number of carboxylic acids is 1. The second-order valence-corrected chi connectivity index (χ2v) is 6.81. The Morgan fingerprint density at radius 1 is 1.50 bits per heavy atom. The molecular formula is C12H21N3O4S. The molecule has 7 nitrogen and oxygen atoms in total. The first kappa shape index (κ1) is 16.7. The van der Waals surface area contributed by atoms with E-state index in [1.54, 1.807) is 6.92 Å². The summed E-state index contributed by atoms with van der Waals surface area (Å²) in [7, 11) is 1.63. The molecule has 1 atom stereocenters. The van der Waals surface area contributed by atoms with Gasteiger partial charge in [-0.25, -0.2) is 17.9 Å². The number of rotatable bonds is 7. The molecule has 0 saturated carbocycles. The highest BCUT2D eigenvalue weighted by molar-refractivity contribution is 7.89. The van der Waals surface area contributed by atoms with Gasteiger partial charge in [0.15, 0.2) is 0 Å². The Balaban J connectivity index is 2.83. The largest absolute Gasteiger partial charge is 0.477 e. The molecule has 0 bridgehead atoms. The zero-order valence-corrected chi connectivity index (χ0v) is 12.9. The topological polar surface area (TPSA) is 91.6 Å². The number of aromatic carboxylic acids is 1. The highest BCUT2D eigenvalue weighted by Crippen LogP contribution is 2.14. The summed E-state index contributed by atoms with van der Waals surface area (Å²) in [6.07, 6.45) is 1.97. The van der Waals surface area contributed by atoms with Gasteiger partial charge < -0.3 is 14.6 Å². The van der Waals surface area contributed by atoms with Crippen LogP contribution in [0.5, 0.6) is 0 Å². The normalized spacial score (nSPS) is 13.7. The predicted molar refractivity (Wildman–Crippen MR) is 75.3 cm³/mol. The summed E-state index contributed by atoms with van der Waals surface area (Å²) in [5.41, 5.74) is -0.0636. The van der Waals surface area contributed by atoms with Crippen LogP contribution in [0.4, 0.5) is 0 Å². The van der Waals surface area contributed by atoms with Crippen LogP contribution >= 0.6 is 0 Å². The van der Waals surface area contributed by atoms with Gasteiger partial charge in [0.2, 0.25) is 10.0 Å². The van der Waals surface area contributed by atoms with Gasteiger partial charge in [-0.05, 0) is 40.1 Å². The van der Waals surface area contributed by atoms with Gasteiger partial charge in [0, 0.05) is 19.3 Å². The highest BCUT2D eigenvalue weighted by atomic mass is 32.2. The summed E-state index contributed by atoms with van der Waals surface area (Å²) in [5, 5.41) is 8.93. The van der Waals surface area contributed by atoms with Crippen molar-refractivity contribution in [3.63, 3.8) is 0 Å². The lowest BCUT2D eigenvalue weighted by molar-refractivity contribution is 0.0686. The van der Waals surface area contributed by atoms with Gasteiger partial charge in [0.25, 0.3) is 0 Å². The number of aromatic nitrogens is 1. The van der Waals surface area contributed by atoms with E-state index in [1.807, 2.05) is 19.0 Å². The van der Waals surface area contributed by atoms with Crippen molar-refractivity contribution in [3.05, 3.63) is 18.0 Å². The van der Waals surface area contributed by atoms with Crippen LogP contribution in [0.15, 0.2) is 17.2 Å². The number of hydrogen-bond acceptors (Lipinski definition) is 4. The first-order valence-electron chi connectivity index (χ1n) is 6.20. The van der Waals surface area contributed by atoms with Crippen molar-refractivity contribution in [2.45, 2.75) is 24.3 Å². The fourth-order valence-corrected chi connectivity index (χ4v) is 3.08. The second kappa shape index (κ2) is 6.38. The Bertz CT molecular complexity index is 578. The minimum Gasteiger partial charge on any atom is -0.477 e. The molecule has 0 fully saturated rings. The monoisotopic (exact) mass is 303 g/mol. The van der Waals surface area contributed by atoms with Crippen molar-refractivity contribution in [2.75, 3.05) is 20.6 Å². The predicted octanol–water partition coefficient (Wildman–Crippen LogP) is 0.342. The van der Waals surface area contributed by atoms with Gasteiger partial charge >= 0.3 is 5.97 Å². The van der Waals surface area contributed by atoms with E-state index in [1.165, 1.54) is 17.8 Å². The fraction of sp³-hybridized carbons (Fsp3) is 0.583. The van der Waals surface area contributed by atoms with Crippen molar-refractivity contribution in [3.8, 4) is 0 Å². The molecule has 0 aliphatic carbocycles. The van der Waals surface area contributed by atoms with Crippen molar-refractivity contribution in [1.29, 1.82) is 0 Å². The molecule has 0 spiro atoms. The number of sulfonamides is 1. The summed E-state index contributed by atoms with van der Waals surface area (Å²) < 4.78 is 28.1. The summed E-state index contributed by atoms with van der Waals surface area (Å²) in [4.78, 5) is 12.9. The van der Waals surface area contributed by atoms with E-state index in [4.69, 9.17) is 5.11 Å². The van der Waals surface area contributed by atoms with Crippen LogP contribution in [-0.4, -0.2) is 55.6 Å². The van der Waals surface area contributed by atoms with Crippen molar-refractivity contribution in [1.82, 2.24) is 14.2 Å². The molecule has 8 heteroatoms. The third-order valence-corrected chi connectivity index (χ3v) is 4.43. The van der Waals surface area contributed by atoms with E-state index in [0.29, 0.717) is 6.42 Å². The summed E-state index contributed by atoms with van der Waals surface area (Å²) in [6.45, 7) is 2.54. The van der Waals surface area contributed by atoms with Crippen LogP contribution in [0, 0.1) is 0 Å². The Hall–Kier alpha value is -1.38. The molecule has 0 aliphatic rings. The van der Waals surface area contributed by atoms with E-state index in [9.17, 15) is 13.2 Å². The summed E-state index contributed by atoms with van der Waals surface area (Å²) >= 11 is 0. The number of aryl methyl sites for hydroxylation is 1. The molecule has 1 heterocycles. The lowest BCUT2D eigenvalue weighted by atomic mass is 10.2. The van der Waals surface area contributed by atoms with Crippen LogP contribution < -0.4 is 4.72 Å². The minimum atomic E-state index is -3.70. The van der Waals surface area contributed by atoms with Crippen molar-refractivity contribution in [2.24, 2.45) is 7.05 Å². The van der Waals surface area contributed by atoms with Gasteiger partial charge in [-0.1, -0.05) is 0 Å². The van der Waals surface area contributed by atoms with Crippen LogP contribution in [-0.2, 0) is 17.1 Å². The van der Waals surface area contributed by atoms with Gasteiger partial charge in [-0.2, -0.15) is 0 Å². The highest BCUT2D eigenvalue weighted by Gasteiger charge is 2.21. The van der Waals surface area contributed by atoms with Gasteiger partial charge in [0.1, 0.15) is 10.6 Å². The van der Waals surface area contributed by atoms with Crippen molar-refractivity contribution < 1.29 is 18.3 Å². The maximum Gasteiger partial charge on any atom is 0.352 e. The molecular weight excluding hydrogens is 282 g/mol. The lowest BCUT2D eigenvalue weighted by Gasteiger charge is -2.16. The third-order valence-electron chi connectivity index (χ3n) is 2.87. The van der Waals surface area contributed by atoms with Gasteiger partial charge in [-0.3, -0.25) is 0 Å². The molecule has 2 N–H and O–H groups in total. The van der Waals surface area contributed by atoms with E-state index in [-0.39, 0.29) is 16.6 Å². The van der Waals surface area contributed by atoms with Crippen LogP contribution in [0.2, 0.25) is 0 Å². The van der Waals surface area contributed by atoms with Crippen LogP contribution in [0.1, 0.15) is 23.8 Å². The molecule has 20 heavy (non-hydrogen) atoms. The van der Waals surface area contributed by atoms with Gasteiger partial charge in [0.05, 0.1) is 0 Å². The average Bonchev–Trinajstić information content (AvgIpc) is 2.69. The molecule has 1 rings (SSSR count). The number of hydrogen-bond donors (Lipinski definition) is 2. The first-order chi connectivity index (χ1) is 9.13. The lowest BCUT2D eigenvalue weighted by Crippen LogP contribution is -2.34. The SMILES string of the molecule is CC(CCN(C)C)NS(=O)(=O)c1cc(C(=O)O)n(C)c1. The molecule has 0 aromatic carbocycles. The zero-order chi connectivity index (χ0) is 15.5. The first-order valence-corrected chi connectivity index (χ1v) is 7.68. The molecule has 1 aromatic heterocycles. The average molecular weight is 303 g/mol. The molecule has 0 radical (unpaired) electrons. The standard InChI is InChI=1S/C12H21N3O4S/c1-9(5-6-14(2)3)13-20(18,19)10-7-11(12(16)17)15(4)8-10/h7-9,13H,5-6H2,1-4H3,(H,16,17). The molecule has 0 amide bonds. The van der Waals surface area contributed by atoms with E-state index < -0.39 is 16.0 Å². The second-order valence-electron chi connectivity index (χ2n) is 5.09. The molecule has 1 aromatic rings. The van der Waals surface area contributed by atoms with Crippen molar-refractivity contribution >= 4 is 16.0 Å². The molecule has 1 unspecified atom stereocenters. The number of carboxylic acid groups (broad SMARTS) is 1. The fourth-order valence-electron chi connectivity index (χ4n) is 1.74. The molecule has 0 aliphatic heterocycles. The van der Waals surface area contributed by atoms with E-state index >= 15 is 0 Å². The number of nitrogens with one attached hydrogen (secondary N) is 1. The maximum atomic E-state index is 12.1. The Morgan fingerprint density at radius 3 is 2.55 bits per heavy atom. The smallest absolute Gasteiger partial charge is 0.352 e. The maximum absolute atomic E-state index is 12.1. The minimum absolute atomic E-state index is 0.0332. The Morgan fingerprint density at radius 2 is 2.10 bits per heavy atom. The summed E-state index contributed by atoms with van der Waals surface area (Å²) in [6, 6.07) is 0.930. The van der Waals surface area contributed by atoms with E-state index in [0.717, 1.165) is 12.6 Å². The Kier molecular flexibility index (Phi) is 5.32. The van der Waals surface area contributed by atoms with E-state index in [2.05, 4.69) is 4.72 Å². The Labute approximate surface area is 119 Å².